The molecule has 3 rings (SSSR count). The van der Waals surface area contributed by atoms with Crippen LogP contribution < -0.4 is 10.9 Å². The molecule has 0 radical (unpaired) electrons. The molecular weight excluding hydrogens is 444 g/mol. The van der Waals surface area contributed by atoms with Crippen LogP contribution in [0.25, 0.3) is 10.9 Å². The first-order valence-corrected chi connectivity index (χ1v) is 8.65. The van der Waals surface area contributed by atoms with Crippen LogP contribution in [0.15, 0.2) is 41.3 Å². The number of rotatable bonds is 3. The van der Waals surface area contributed by atoms with E-state index in [0.29, 0.717) is 19.7 Å². The molecule has 0 saturated heterocycles. The maximum atomic E-state index is 14.2. The van der Waals surface area contributed by atoms with E-state index >= 15 is 0 Å². The molecule has 0 bridgehead atoms. The van der Waals surface area contributed by atoms with E-state index in [1.54, 1.807) is 44.2 Å². The molecule has 7 heteroatoms. The van der Waals surface area contributed by atoms with Crippen molar-refractivity contribution in [2.45, 2.75) is 19.4 Å². The average molecular weight is 458 g/mol. The van der Waals surface area contributed by atoms with Crippen LogP contribution in [-0.2, 0) is 5.54 Å². The van der Waals surface area contributed by atoms with Gasteiger partial charge in [-0.05, 0) is 66.8 Å². The van der Waals surface area contributed by atoms with Crippen molar-refractivity contribution in [2.75, 3.05) is 5.32 Å². The second-order valence-corrected chi connectivity index (χ2v) is 7.55. The number of anilines is 1. The average Bonchev–Trinajstić information content (AvgIpc) is 2.51. The first-order valence-electron chi connectivity index (χ1n) is 7.19. The summed E-state index contributed by atoms with van der Waals surface area (Å²) in [5, 5.41) is 4.41. The van der Waals surface area contributed by atoms with E-state index < -0.39 is 11.4 Å². The summed E-state index contributed by atoms with van der Waals surface area (Å²) in [4.78, 5) is 19.3. The Hall–Kier alpha value is -1.67. The Morgan fingerprint density at radius 1 is 1.29 bits per heavy atom. The fourth-order valence-electron chi connectivity index (χ4n) is 2.51. The van der Waals surface area contributed by atoms with Gasteiger partial charge in [0.15, 0.2) is 11.6 Å². The number of nitrogens with one attached hydrogen (secondary N) is 2. The molecule has 0 atom stereocenters. The van der Waals surface area contributed by atoms with Gasteiger partial charge in [-0.15, -0.1) is 0 Å². The Bertz CT molecular complexity index is 987. The van der Waals surface area contributed by atoms with Crippen LogP contribution in [-0.4, -0.2) is 9.97 Å². The lowest BCUT2D eigenvalue weighted by molar-refractivity contribution is 0.570. The lowest BCUT2D eigenvalue weighted by Crippen LogP contribution is -2.35. The number of fused-ring (bicyclic) bond motifs is 1. The van der Waals surface area contributed by atoms with Gasteiger partial charge in [-0.1, -0.05) is 11.6 Å². The van der Waals surface area contributed by atoms with Crippen molar-refractivity contribution in [3.05, 3.63) is 66.9 Å². The Labute approximate surface area is 156 Å². The normalized spacial score (nSPS) is 11.7. The molecular formula is C17H14ClFIN3O. The summed E-state index contributed by atoms with van der Waals surface area (Å²) in [6.45, 7) is 3.60. The molecule has 124 valence electrons. The zero-order chi connectivity index (χ0) is 17.5. The van der Waals surface area contributed by atoms with Crippen LogP contribution in [0.3, 0.4) is 0 Å². The number of aromatic amines is 1. The number of hydrogen-bond acceptors (Lipinski definition) is 3. The summed E-state index contributed by atoms with van der Waals surface area (Å²) < 4.78 is 14.7. The Morgan fingerprint density at radius 2 is 2.04 bits per heavy atom. The first kappa shape index (κ1) is 17.2. The molecule has 0 fully saturated rings. The van der Waals surface area contributed by atoms with Crippen molar-refractivity contribution in [1.29, 1.82) is 0 Å². The molecule has 2 heterocycles. The number of nitrogens with zero attached hydrogens (tertiary/aromatic N) is 1. The smallest absolute Gasteiger partial charge is 0.253 e. The van der Waals surface area contributed by atoms with Gasteiger partial charge < -0.3 is 10.3 Å². The predicted octanol–water partition coefficient (Wildman–Crippen LogP) is 4.67. The van der Waals surface area contributed by atoms with E-state index in [2.05, 4.69) is 15.3 Å². The van der Waals surface area contributed by atoms with E-state index in [1.807, 2.05) is 22.6 Å². The maximum absolute atomic E-state index is 14.2. The van der Waals surface area contributed by atoms with Gasteiger partial charge in [-0.25, -0.2) is 9.37 Å². The summed E-state index contributed by atoms with van der Waals surface area (Å²) in [6, 6.07) is 8.59. The highest BCUT2D eigenvalue weighted by molar-refractivity contribution is 14.1. The zero-order valence-corrected chi connectivity index (χ0v) is 15.9. The summed E-state index contributed by atoms with van der Waals surface area (Å²) in [6.07, 6.45) is 1.52. The van der Waals surface area contributed by atoms with Crippen LogP contribution in [0.1, 0.15) is 19.4 Å². The van der Waals surface area contributed by atoms with Gasteiger partial charge in [0.25, 0.3) is 5.56 Å². The Morgan fingerprint density at radius 3 is 2.79 bits per heavy atom. The summed E-state index contributed by atoms with van der Waals surface area (Å²) in [5.41, 5.74) is 0.0933. The highest BCUT2D eigenvalue weighted by Crippen LogP contribution is 2.27. The van der Waals surface area contributed by atoms with Gasteiger partial charge in [0, 0.05) is 27.7 Å². The Kier molecular flexibility index (Phi) is 4.52. The standard InChI is InChI=1S/C17H14ClFIN3O/c1-17(2,23-15-14(19)12(20)5-6-21-15)11-8-9-7-10(18)3-4-13(9)22-16(11)24/h3-8H,1-2H3,(H,21,23)(H,22,24). The third-order valence-corrected chi connectivity index (χ3v) is 4.82. The number of halogens is 3. The van der Waals surface area contributed by atoms with Crippen LogP contribution in [0.2, 0.25) is 5.02 Å². The topological polar surface area (TPSA) is 57.8 Å². The van der Waals surface area contributed by atoms with Crippen LogP contribution in [0.5, 0.6) is 0 Å². The molecule has 3 aromatic rings. The molecule has 0 unspecified atom stereocenters. The first-order chi connectivity index (χ1) is 11.3. The van der Waals surface area contributed by atoms with E-state index in [0.717, 1.165) is 5.39 Å². The zero-order valence-electron chi connectivity index (χ0n) is 13.0. The van der Waals surface area contributed by atoms with Gasteiger partial charge in [0.1, 0.15) is 0 Å². The van der Waals surface area contributed by atoms with Gasteiger partial charge in [-0.3, -0.25) is 4.79 Å². The van der Waals surface area contributed by atoms with Crippen LogP contribution >= 0.6 is 34.2 Å². The number of pyridine rings is 2. The number of benzene rings is 1. The SMILES string of the molecule is CC(C)(Nc1nccc(I)c1F)c1cc2cc(Cl)ccc2[nH]c1=O. The largest absolute Gasteiger partial charge is 0.358 e. The van der Waals surface area contributed by atoms with E-state index in [1.165, 1.54) is 6.20 Å². The van der Waals surface area contributed by atoms with Crippen molar-refractivity contribution < 1.29 is 4.39 Å². The second kappa shape index (κ2) is 6.33. The molecule has 0 aliphatic carbocycles. The van der Waals surface area contributed by atoms with Crippen molar-refractivity contribution in [3.8, 4) is 0 Å². The molecule has 24 heavy (non-hydrogen) atoms. The molecule has 0 aliphatic rings. The van der Waals surface area contributed by atoms with Gasteiger partial charge >= 0.3 is 0 Å². The number of hydrogen-bond donors (Lipinski definition) is 2. The number of aromatic nitrogens is 2. The highest BCUT2D eigenvalue weighted by Gasteiger charge is 2.26. The fourth-order valence-corrected chi connectivity index (χ4v) is 3.11. The molecule has 0 amide bonds. The molecule has 2 aromatic heterocycles. The van der Waals surface area contributed by atoms with Crippen molar-refractivity contribution >= 4 is 50.9 Å². The molecule has 0 saturated carbocycles. The number of H-pyrrole nitrogens is 1. The predicted molar refractivity (Wildman–Crippen MR) is 103 cm³/mol. The van der Waals surface area contributed by atoms with Crippen LogP contribution in [0.4, 0.5) is 10.2 Å². The van der Waals surface area contributed by atoms with Crippen molar-refractivity contribution in [2.24, 2.45) is 0 Å². The second-order valence-electron chi connectivity index (χ2n) is 5.95. The monoisotopic (exact) mass is 457 g/mol. The lowest BCUT2D eigenvalue weighted by Gasteiger charge is -2.27. The fraction of sp³-hybridized carbons (Fsp3) is 0.176. The quantitative estimate of drug-likeness (QED) is 0.562. The van der Waals surface area contributed by atoms with Crippen LogP contribution in [0, 0.1) is 9.39 Å². The summed E-state index contributed by atoms with van der Waals surface area (Å²) in [5.74, 6) is -0.330. The van der Waals surface area contributed by atoms with Gasteiger partial charge in [0.2, 0.25) is 0 Å². The molecule has 0 spiro atoms. The molecule has 4 nitrogen and oxygen atoms in total. The van der Waals surface area contributed by atoms with Gasteiger partial charge in [-0.2, -0.15) is 0 Å². The van der Waals surface area contributed by atoms with Crippen molar-refractivity contribution in [1.82, 2.24) is 9.97 Å². The lowest BCUT2D eigenvalue weighted by atomic mass is 9.94. The highest BCUT2D eigenvalue weighted by atomic mass is 127. The minimum absolute atomic E-state index is 0.109. The van der Waals surface area contributed by atoms with Crippen molar-refractivity contribution in [3.63, 3.8) is 0 Å². The van der Waals surface area contributed by atoms with E-state index in [9.17, 15) is 9.18 Å². The minimum atomic E-state index is -0.831. The third-order valence-electron chi connectivity index (χ3n) is 3.75. The summed E-state index contributed by atoms with van der Waals surface area (Å²) in [7, 11) is 0. The molecule has 2 N–H and O–H groups in total. The van der Waals surface area contributed by atoms with E-state index in [4.69, 9.17) is 11.6 Å². The Balaban J connectivity index is 2.08. The summed E-state index contributed by atoms with van der Waals surface area (Å²) >= 11 is 7.93. The van der Waals surface area contributed by atoms with Gasteiger partial charge in [0.05, 0.1) is 9.11 Å². The van der Waals surface area contributed by atoms with E-state index in [-0.39, 0.29) is 11.4 Å². The molecule has 1 aromatic carbocycles. The molecule has 0 aliphatic heterocycles. The third kappa shape index (κ3) is 3.25. The minimum Gasteiger partial charge on any atom is -0.358 e. The maximum Gasteiger partial charge on any atom is 0.253 e.